The van der Waals surface area contributed by atoms with Crippen LogP contribution in [0.5, 0.6) is 11.5 Å². The van der Waals surface area contributed by atoms with Gasteiger partial charge in [-0.2, -0.15) is 0 Å². The Kier molecular flexibility index (Phi) is 4.02. The van der Waals surface area contributed by atoms with Crippen LogP contribution in [-0.4, -0.2) is 10.9 Å². The number of nitrogens with one attached hydrogen (secondary N) is 1. The van der Waals surface area contributed by atoms with Crippen molar-refractivity contribution in [3.05, 3.63) is 95.8 Å². The molecule has 0 spiro atoms. The molecule has 0 radical (unpaired) electrons. The van der Waals surface area contributed by atoms with Gasteiger partial charge in [-0.25, -0.2) is 0 Å². The molecule has 1 N–H and O–H groups in total. The molecule has 136 valence electrons. The Balaban J connectivity index is 1.37. The Hall–Kier alpha value is -3.66. The number of aryl methyl sites for hydroxylation is 2. The lowest BCUT2D eigenvalue weighted by Gasteiger charge is -2.11. The summed E-state index contributed by atoms with van der Waals surface area (Å²) in [5.41, 5.74) is 4.16. The highest BCUT2D eigenvalue weighted by Gasteiger charge is 2.17. The van der Waals surface area contributed by atoms with Crippen LogP contribution in [0.4, 0.5) is 5.69 Å². The third-order valence-corrected chi connectivity index (χ3v) is 5.11. The zero-order valence-corrected chi connectivity index (χ0v) is 15.2. The minimum atomic E-state index is -0.133. The summed E-state index contributed by atoms with van der Waals surface area (Å²) in [4.78, 5) is 16.8. The molecule has 1 aliphatic rings. The zero-order valence-electron chi connectivity index (χ0n) is 15.2. The fraction of sp³-hybridized carbons (Fsp3) is 0.0833. The third-order valence-electron chi connectivity index (χ3n) is 5.11. The maximum Gasteiger partial charge on any atom is 0.255 e. The predicted molar refractivity (Wildman–Crippen MR) is 110 cm³/mol. The van der Waals surface area contributed by atoms with Crippen molar-refractivity contribution in [2.75, 3.05) is 5.32 Å². The Morgan fingerprint density at radius 3 is 2.46 bits per heavy atom. The van der Waals surface area contributed by atoms with E-state index in [9.17, 15) is 4.79 Å². The number of hydrogen-bond acceptors (Lipinski definition) is 3. The summed E-state index contributed by atoms with van der Waals surface area (Å²) in [5, 5.41) is 5.46. The highest BCUT2D eigenvalue weighted by molar-refractivity contribution is 6.10. The summed E-state index contributed by atoms with van der Waals surface area (Å²) < 4.78 is 5.73. The van der Waals surface area contributed by atoms with E-state index >= 15 is 0 Å². The second-order valence-corrected chi connectivity index (χ2v) is 6.88. The molecule has 0 saturated carbocycles. The maximum absolute atomic E-state index is 12.8. The number of hydrogen-bond donors (Lipinski definition) is 1. The number of nitrogens with zero attached hydrogens (tertiary/aromatic N) is 1. The largest absolute Gasteiger partial charge is 0.456 e. The molecule has 1 heterocycles. The van der Waals surface area contributed by atoms with Gasteiger partial charge in [0.2, 0.25) is 0 Å². The van der Waals surface area contributed by atoms with Crippen LogP contribution in [0.15, 0.2) is 79.1 Å². The molecule has 0 saturated heterocycles. The van der Waals surface area contributed by atoms with Crippen molar-refractivity contribution in [3.8, 4) is 11.5 Å². The minimum absolute atomic E-state index is 0.133. The molecule has 4 aromatic rings. The van der Waals surface area contributed by atoms with Crippen molar-refractivity contribution in [2.45, 2.75) is 12.8 Å². The predicted octanol–water partition coefficient (Wildman–Crippen LogP) is 5.38. The van der Waals surface area contributed by atoms with Crippen LogP contribution in [-0.2, 0) is 12.8 Å². The van der Waals surface area contributed by atoms with E-state index in [0.29, 0.717) is 17.1 Å². The molecule has 1 aliphatic carbocycles. The average molecular weight is 366 g/mol. The molecule has 0 atom stereocenters. The van der Waals surface area contributed by atoms with E-state index in [2.05, 4.69) is 34.6 Å². The molecule has 0 fully saturated rings. The highest BCUT2D eigenvalue weighted by atomic mass is 16.5. The third kappa shape index (κ3) is 2.99. The van der Waals surface area contributed by atoms with Gasteiger partial charge in [-0.15, -0.1) is 0 Å². The van der Waals surface area contributed by atoms with E-state index in [-0.39, 0.29) is 5.91 Å². The molecule has 1 amide bonds. The fourth-order valence-electron chi connectivity index (χ4n) is 3.77. The van der Waals surface area contributed by atoms with Crippen LogP contribution in [0, 0.1) is 0 Å². The first-order valence-electron chi connectivity index (χ1n) is 9.31. The van der Waals surface area contributed by atoms with Gasteiger partial charge in [0, 0.05) is 22.8 Å². The summed E-state index contributed by atoms with van der Waals surface area (Å²) in [6, 6.07) is 21.2. The molecule has 5 rings (SSSR count). The maximum atomic E-state index is 12.8. The van der Waals surface area contributed by atoms with Crippen LogP contribution in [0.1, 0.15) is 21.5 Å². The number of anilines is 1. The number of carbonyl (C=O) groups is 1. The molecule has 4 nitrogen and oxygen atoms in total. The van der Waals surface area contributed by atoms with Crippen molar-refractivity contribution in [1.82, 2.24) is 4.98 Å². The number of ether oxygens (including phenoxy) is 1. The second-order valence-electron chi connectivity index (χ2n) is 6.88. The first kappa shape index (κ1) is 16.5. The van der Waals surface area contributed by atoms with Crippen molar-refractivity contribution < 1.29 is 9.53 Å². The SMILES string of the molecule is O=C(Nc1ccc2c3c(cccc13)CC2)c1ccc(Oc2cccnc2)cc1. The smallest absolute Gasteiger partial charge is 0.255 e. The van der Waals surface area contributed by atoms with Crippen LogP contribution in [0.2, 0.25) is 0 Å². The summed E-state index contributed by atoms with van der Waals surface area (Å²) in [7, 11) is 0. The van der Waals surface area contributed by atoms with E-state index in [1.165, 1.54) is 16.5 Å². The molecular weight excluding hydrogens is 348 g/mol. The number of amides is 1. The molecule has 0 unspecified atom stereocenters. The van der Waals surface area contributed by atoms with Gasteiger partial charge in [-0.1, -0.05) is 24.3 Å². The highest BCUT2D eigenvalue weighted by Crippen LogP contribution is 2.35. The van der Waals surface area contributed by atoms with Crippen molar-refractivity contribution in [1.29, 1.82) is 0 Å². The van der Waals surface area contributed by atoms with Crippen LogP contribution in [0.25, 0.3) is 10.8 Å². The van der Waals surface area contributed by atoms with Crippen LogP contribution >= 0.6 is 0 Å². The van der Waals surface area contributed by atoms with Gasteiger partial charge < -0.3 is 10.1 Å². The normalized spacial score (nSPS) is 12.1. The summed E-state index contributed by atoms with van der Waals surface area (Å²) >= 11 is 0. The zero-order chi connectivity index (χ0) is 18.9. The summed E-state index contributed by atoms with van der Waals surface area (Å²) in [6.07, 6.45) is 5.49. The standard InChI is InChI=1S/C24H18N2O2/c27-24(18-8-11-19(12-9-18)28-20-4-2-14-25-15-20)26-22-13-10-17-7-6-16-3-1-5-21(22)23(16)17/h1-5,8-15H,6-7H2,(H,26,27). The quantitative estimate of drug-likeness (QED) is 0.528. The van der Waals surface area contributed by atoms with E-state index in [1.807, 2.05) is 18.2 Å². The molecule has 4 heteroatoms. The van der Waals surface area contributed by atoms with Gasteiger partial charge in [0.25, 0.3) is 5.91 Å². The lowest BCUT2D eigenvalue weighted by atomic mass is 10.0. The van der Waals surface area contributed by atoms with Crippen LogP contribution < -0.4 is 10.1 Å². The monoisotopic (exact) mass is 366 g/mol. The first-order valence-corrected chi connectivity index (χ1v) is 9.31. The Morgan fingerprint density at radius 1 is 0.857 bits per heavy atom. The Bertz CT molecular complexity index is 1160. The topological polar surface area (TPSA) is 51.2 Å². The molecule has 0 aliphatic heterocycles. The second kappa shape index (κ2) is 6.82. The molecular formula is C24H18N2O2. The molecule has 0 bridgehead atoms. The van der Waals surface area contributed by atoms with Gasteiger partial charge in [-0.3, -0.25) is 9.78 Å². The van der Waals surface area contributed by atoms with E-state index in [1.54, 1.807) is 36.7 Å². The first-order chi connectivity index (χ1) is 13.8. The number of carbonyl (C=O) groups excluding carboxylic acids is 1. The van der Waals surface area contributed by atoms with Gasteiger partial charge in [0.15, 0.2) is 0 Å². The van der Waals surface area contributed by atoms with E-state index < -0.39 is 0 Å². The number of aromatic nitrogens is 1. The van der Waals surface area contributed by atoms with E-state index in [4.69, 9.17) is 4.74 Å². The van der Waals surface area contributed by atoms with E-state index in [0.717, 1.165) is 23.9 Å². The van der Waals surface area contributed by atoms with Crippen LogP contribution in [0.3, 0.4) is 0 Å². The molecule has 3 aromatic carbocycles. The average Bonchev–Trinajstić information content (AvgIpc) is 3.16. The number of rotatable bonds is 4. The Morgan fingerprint density at radius 2 is 1.68 bits per heavy atom. The van der Waals surface area contributed by atoms with Gasteiger partial charge >= 0.3 is 0 Å². The lowest BCUT2D eigenvalue weighted by Crippen LogP contribution is -2.12. The molecule has 28 heavy (non-hydrogen) atoms. The number of benzene rings is 3. The lowest BCUT2D eigenvalue weighted by molar-refractivity contribution is 0.102. The van der Waals surface area contributed by atoms with Gasteiger partial charge in [0.1, 0.15) is 11.5 Å². The fourth-order valence-corrected chi connectivity index (χ4v) is 3.77. The number of pyridine rings is 1. The van der Waals surface area contributed by atoms with Crippen molar-refractivity contribution in [2.24, 2.45) is 0 Å². The van der Waals surface area contributed by atoms with Crippen molar-refractivity contribution >= 4 is 22.4 Å². The molecule has 1 aromatic heterocycles. The van der Waals surface area contributed by atoms with Gasteiger partial charge in [0.05, 0.1) is 6.20 Å². The van der Waals surface area contributed by atoms with Crippen molar-refractivity contribution in [3.63, 3.8) is 0 Å². The summed E-state index contributed by atoms with van der Waals surface area (Å²) in [6.45, 7) is 0. The summed E-state index contributed by atoms with van der Waals surface area (Å²) in [5.74, 6) is 1.19. The minimum Gasteiger partial charge on any atom is -0.456 e. The van der Waals surface area contributed by atoms with Gasteiger partial charge in [-0.05, 0) is 71.8 Å². The Labute approximate surface area is 162 Å².